The molecule has 0 aromatic carbocycles. The minimum atomic E-state index is -0.341. The largest absolute Gasteiger partial charge is 0.462 e. The smallest absolute Gasteiger partial charge is 0.341 e. The summed E-state index contributed by atoms with van der Waals surface area (Å²) >= 11 is 2.91. The lowest BCUT2D eigenvalue weighted by molar-refractivity contribution is -0.113. The van der Waals surface area contributed by atoms with Crippen molar-refractivity contribution in [1.29, 1.82) is 0 Å². The van der Waals surface area contributed by atoms with Crippen LogP contribution in [-0.2, 0) is 28.9 Å². The van der Waals surface area contributed by atoms with Crippen LogP contribution in [-0.4, -0.2) is 39.0 Å². The summed E-state index contributed by atoms with van der Waals surface area (Å²) in [7, 11) is 0. The predicted molar refractivity (Wildman–Crippen MR) is 114 cm³/mol. The summed E-state index contributed by atoms with van der Waals surface area (Å²) in [6.07, 6.45) is 6.23. The molecule has 1 amide bonds. The number of aryl methyl sites for hydroxylation is 1. The summed E-state index contributed by atoms with van der Waals surface area (Å²) in [5.41, 5.74) is 1.60. The number of carbonyl (C=O) groups excluding carboxylic acids is 2. The van der Waals surface area contributed by atoms with E-state index in [2.05, 4.69) is 27.0 Å². The molecular formula is C20H26N4O3S2. The summed E-state index contributed by atoms with van der Waals surface area (Å²) in [4.78, 5) is 26.3. The molecule has 2 aliphatic carbocycles. The number of thioether (sulfide) groups is 1. The number of rotatable bonds is 9. The van der Waals surface area contributed by atoms with Crippen molar-refractivity contribution in [1.82, 2.24) is 14.8 Å². The fraction of sp³-hybridized carbons (Fsp3) is 0.600. The number of amides is 1. The molecule has 156 valence electrons. The second-order valence-electron chi connectivity index (χ2n) is 7.39. The number of anilines is 1. The van der Waals surface area contributed by atoms with Crippen LogP contribution >= 0.6 is 23.1 Å². The molecule has 0 saturated heterocycles. The zero-order valence-electron chi connectivity index (χ0n) is 16.8. The molecule has 0 unspecified atom stereocenters. The van der Waals surface area contributed by atoms with Crippen molar-refractivity contribution >= 4 is 40.0 Å². The molecule has 1 N–H and O–H groups in total. The first-order valence-corrected chi connectivity index (χ1v) is 12.1. The van der Waals surface area contributed by atoms with Gasteiger partial charge in [-0.2, -0.15) is 0 Å². The first-order chi connectivity index (χ1) is 14.1. The summed E-state index contributed by atoms with van der Waals surface area (Å²) in [5.74, 6) is 1.33. The SMILES string of the molecule is CCCn1c(SCC(=O)Nc2sc3c(c2C(=O)OCC)CCC3)nnc1C1CC1. The van der Waals surface area contributed by atoms with Crippen LogP contribution in [0.1, 0.15) is 72.1 Å². The first-order valence-electron chi connectivity index (χ1n) is 10.3. The van der Waals surface area contributed by atoms with Gasteiger partial charge in [-0.25, -0.2) is 4.79 Å². The second kappa shape index (κ2) is 8.87. The lowest BCUT2D eigenvalue weighted by Crippen LogP contribution is -2.17. The molecule has 2 heterocycles. The molecule has 2 aromatic heterocycles. The maximum absolute atomic E-state index is 12.6. The number of fused-ring (bicyclic) bond motifs is 1. The Morgan fingerprint density at radius 3 is 2.83 bits per heavy atom. The fourth-order valence-electron chi connectivity index (χ4n) is 3.69. The molecule has 1 saturated carbocycles. The molecule has 2 aromatic rings. The van der Waals surface area contributed by atoms with Crippen LogP contribution in [0.5, 0.6) is 0 Å². The number of nitrogens with zero attached hydrogens (tertiary/aromatic N) is 3. The van der Waals surface area contributed by atoms with Crippen LogP contribution in [0.4, 0.5) is 5.00 Å². The van der Waals surface area contributed by atoms with Crippen LogP contribution in [0.25, 0.3) is 0 Å². The van der Waals surface area contributed by atoms with Gasteiger partial charge in [-0.3, -0.25) is 4.79 Å². The van der Waals surface area contributed by atoms with Crippen LogP contribution in [0, 0.1) is 0 Å². The van der Waals surface area contributed by atoms with Gasteiger partial charge in [0.2, 0.25) is 5.91 Å². The molecule has 0 bridgehead atoms. The zero-order chi connectivity index (χ0) is 20.4. The summed E-state index contributed by atoms with van der Waals surface area (Å²) in [5, 5.41) is 13.0. The van der Waals surface area contributed by atoms with Crippen molar-refractivity contribution in [3.8, 4) is 0 Å². The number of hydrogen-bond donors (Lipinski definition) is 1. The van der Waals surface area contributed by atoms with E-state index in [1.807, 2.05) is 0 Å². The van der Waals surface area contributed by atoms with Crippen molar-refractivity contribution in [2.24, 2.45) is 0 Å². The van der Waals surface area contributed by atoms with Crippen molar-refractivity contribution in [3.05, 3.63) is 21.8 Å². The molecule has 0 aliphatic heterocycles. The highest BCUT2D eigenvalue weighted by Crippen LogP contribution is 2.41. The Morgan fingerprint density at radius 1 is 1.28 bits per heavy atom. The van der Waals surface area contributed by atoms with Crippen molar-refractivity contribution in [3.63, 3.8) is 0 Å². The van der Waals surface area contributed by atoms with Gasteiger partial charge in [-0.05, 0) is 51.0 Å². The van der Waals surface area contributed by atoms with Crippen LogP contribution in [0.2, 0.25) is 0 Å². The standard InChI is InChI=1S/C20H26N4O3S2/c1-3-10-24-17(12-8-9-12)22-23-20(24)28-11-15(25)21-18-16(19(26)27-4-2)13-6-5-7-14(13)29-18/h12H,3-11H2,1-2H3,(H,21,25). The molecule has 2 aliphatic rings. The topological polar surface area (TPSA) is 86.1 Å². The van der Waals surface area contributed by atoms with E-state index in [0.717, 1.165) is 48.8 Å². The lowest BCUT2D eigenvalue weighted by Gasteiger charge is -2.09. The maximum atomic E-state index is 12.6. The summed E-state index contributed by atoms with van der Waals surface area (Å²) < 4.78 is 7.38. The van der Waals surface area contributed by atoms with Crippen LogP contribution in [0.3, 0.4) is 0 Å². The second-order valence-corrected chi connectivity index (χ2v) is 9.43. The van der Waals surface area contributed by atoms with E-state index in [1.165, 1.54) is 40.8 Å². The van der Waals surface area contributed by atoms with Crippen molar-refractivity contribution < 1.29 is 14.3 Å². The highest BCUT2D eigenvalue weighted by Gasteiger charge is 2.31. The van der Waals surface area contributed by atoms with Gasteiger partial charge < -0.3 is 14.6 Å². The normalized spacial score (nSPS) is 15.4. The van der Waals surface area contributed by atoms with Gasteiger partial charge >= 0.3 is 5.97 Å². The van der Waals surface area contributed by atoms with E-state index in [-0.39, 0.29) is 17.6 Å². The Bertz CT molecular complexity index is 917. The fourth-order valence-corrected chi connectivity index (χ4v) is 5.75. The Kier molecular flexibility index (Phi) is 6.24. The van der Waals surface area contributed by atoms with Gasteiger partial charge in [0.25, 0.3) is 0 Å². The number of nitrogens with one attached hydrogen (secondary N) is 1. The monoisotopic (exact) mass is 434 g/mol. The maximum Gasteiger partial charge on any atom is 0.341 e. The number of ether oxygens (including phenoxy) is 1. The number of hydrogen-bond acceptors (Lipinski definition) is 7. The molecular weight excluding hydrogens is 408 g/mol. The van der Waals surface area contributed by atoms with Gasteiger partial charge in [0, 0.05) is 17.3 Å². The third-order valence-corrected chi connectivity index (χ3v) is 7.30. The minimum Gasteiger partial charge on any atom is -0.462 e. The Balaban J connectivity index is 1.44. The van der Waals surface area contributed by atoms with E-state index in [9.17, 15) is 9.59 Å². The van der Waals surface area contributed by atoms with Crippen molar-refractivity contribution in [2.75, 3.05) is 17.7 Å². The Hall–Kier alpha value is -1.87. The lowest BCUT2D eigenvalue weighted by atomic mass is 10.1. The number of carbonyl (C=O) groups is 2. The Morgan fingerprint density at radius 2 is 2.10 bits per heavy atom. The number of aromatic nitrogens is 3. The van der Waals surface area contributed by atoms with Gasteiger partial charge in [0.15, 0.2) is 5.16 Å². The molecule has 1 fully saturated rings. The Labute approximate surface area is 178 Å². The highest BCUT2D eigenvalue weighted by atomic mass is 32.2. The van der Waals surface area contributed by atoms with E-state index < -0.39 is 0 Å². The third-order valence-electron chi connectivity index (χ3n) is 5.12. The number of thiophene rings is 1. The van der Waals surface area contributed by atoms with Crippen molar-refractivity contribution in [2.45, 2.75) is 70.0 Å². The molecule has 29 heavy (non-hydrogen) atoms. The van der Waals surface area contributed by atoms with E-state index >= 15 is 0 Å². The molecule has 9 heteroatoms. The van der Waals surface area contributed by atoms with E-state index in [0.29, 0.717) is 23.1 Å². The molecule has 4 rings (SSSR count). The van der Waals surface area contributed by atoms with Gasteiger partial charge in [0.05, 0.1) is 17.9 Å². The quantitative estimate of drug-likeness (QED) is 0.474. The van der Waals surface area contributed by atoms with Crippen LogP contribution in [0.15, 0.2) is 5.16 Å². The predicted octanol–water partition coefficient (Wildman–Crippen LogP) is 4.02. The average Bonchev–Trinajstić information content (AvgIpc) is 3.15. The molecule has 0 atom stereocenters. The van der Waals surface area contributed by atoms with Gasteiger partial charge in [-0.1, -0.05) is 18.7 Å². The van der Waals surface area contributed by atoms with Crippen LogP contribution < -0.4 is 5.32 Å². The summed E-state index contributed by atoms with van der Waals surface area (Å²) in [6, 6.07) is 0. The highest BCUT2D eigenvalue weighted by molar-refractivity contribution is 7.99. The van der Waals surface area contributed by atoms with E-state index in [1.54, 1.807) is 6.92 Å². The zero-order valence-corrected chi connectivity index (χ0v) is 18.5. The molecule has 0 spiro atoms. The molecule has 0 radical (unpaired) electrons. The van der Waals surface area contributed by atoms with Gasteiger partial charge in [-0.15, -0.1) is 21.5 Å². The third kappa shape index (κ3) is 4.35. The molecule has 7 nitrogen and oxygen atoms in total. The minimum absolute atomic E-state index is 0.139. The van der Waals surface area contributed by atoms with E-state index in [4.69, 9.17) is 4.74 Å². The summed E-state index contributed by atoms with van der Waals surface area (Å²) in [6.45, 7) is 5.11. The van der Waals surface area contributed by atoms with Gasteiger partial charge in [0.1, 0.15) is 10.8 Å². The first kappa shape index (κ1) is 20.4. The average molecular weight is 435 g/mol. The number of esters is 1.